The van der Waals surface area contributed by atoms with Crippen LogP contribution in [-0.2, 0) is 21.3 Å². The van der Waals surface area contributed by atoms with Gasteiger partial charge in [-0.25, -0.2) is 13.2 Å². The second-order valence-electron chi connectivity index (χ2n) is 3.36. The maximum absolute atomic E-state index is 13.4. The number of carbonyl (C=O) groups is 1. The minimum absolute atomic E-state index is 0.00773. The molecule has 0 fully saturated rings. The molecule has 0 radical (unpaired) electrons. The number of alkyl halides is 3. The highest BCUT2D eigenvalue weighted by molar-refractivity contribution is 9.08. The zero-order valence-corrected chi connectivity index (χ0v) is 11.1. The van der Waals surface area contributed by atoms with Crippen molar-refractivity contribution in [1.82, 2.24) is 4.98 Å². The SMILES string of the molecule is CCOC(=O)Cc1c(C(F)F)ncc(F)c1CBr. The molecule has 0 atom stereocenters. The van der Waals surface area contributed by atoms with Crippen LogP contribution in [0, 0.1) is 5.82 Å². The number of ether oxygens (including phenoxy) is 1. The average Bonchev–Trinajstić information content (AvgIpc) is 2.29. The van der Waals surface area contributed by atoms with Gasteiger partial charge in [0.05, 0.1) is 19.2 Å². The highest BCUT2D eigenvalue weighted by Gasteiger charge is 2.22. The van der Waals surface area contributed by atoms with Gasteiger partial charge < -0.3 is 4.74 Å². The molecule has 1 heterocycles. The number of hydrogen-bond acceptors (Lipinski definition) is 3. The van der Waals surface area contributed by atoms with E-state index in [2.05, 4.69) is 25.7 Å². The van der Waals surface area contributed by atoms with Crippen molar-refractivity contribution in [2.24, 2.45) is 0 Å². The van der Waals surface area contributed by atoms with Crippen LogP contribution in [0.3, 0.4) is 0 Å². The minimum Gasteiger partial charge on any atom is -0.466 e. The van der Waals surface area contributed by atoms with E-state index in [1.807, 2.05) is 0 Å². The molecule has 18 heavy (non-hydrogen) atoms. The quantitative estimate of drug-likeness (QED) is 0.616. The van der Waals surface area contributed by atoms with Crippen LogP contribution >= 0.6 is 15.9 Å². The Morgan fingerprint density at radius 1 is 1.50 bits per heavy atom. The third-order valence-corrected chi connectivity index (χ3v) is 2.81. The first-order chi connectivity index (χ1) is 8.51. The first kappa shape index (κ1) is 14.9. The van der Waals surface area contributed by atoms with Gasteiger partial charge in [-0.15, -0.1) is 0 Å². The lowest BCUT2D eigenvalue weighted by Crippen LogP contribution is -2.13. The van der Waals surface area contributed by atoms with Crippen molar-refractivity contribution in [3.63, 3.8) is 0 Å². The molecule has 0 N–H and O–H groups in total. The van der Waals surface area contributed by atoms with E-state index in [1.165, 1.54) is 0 Å². The molecule has 0 aliphatic carbocycles. The van der Waals surface area contributed by atoms with Crippen molar-refractivity contribution < 1.29 is 22.7 Å². The number of carbonyl (C=O) groups excluding carboxylic acids is 1. The number of esters is 1. The van der Waals surface area contributed by atoms with E-state index in [-0.39, 0.29) is 23.1 Å². The molecule has 1 aromatic heterocycles. The third kappa shape index (κ3) is 3.44. The molecular weight excluding hydrogens is 315 g/mol. The summed E-state index contributed by atoms with van der Waals surface area (Å²) in [5.74, 6) is -1.41. The van der Waals surface area contributed by atoms with E-state index in [0.717, 1.165) is 6.20 Å². The fraction of sp³-hybridized carbons (Fsp3) is 0.455. The van der Waals surface area contributed by atoms with Crippen LogP contribution in [0.1, 0.15) is 30.2 Å². The topological polar surface area (TPSA) is 39.2 Å². The number of hydrogen-bond donors (Lipinski definition) is 0. The van der Waals surface area contributed by atoms with Gasteiger partial charge in [-0.2, -0.15) is 0 Å². The summed E-state index contributed by atoms with van der Waals surface area (Å²) < 4.78 is 43.6. The van der Waals surface area contributed by atoms with Gasteiger partial charge in [0.2, 0.25) is 0 Å². The molecule has 1 rings (SSSR count). The Kier molecular flexibility index (Phi) is 5.58. The maximum atomic E-state index is 13.4. The second kappa shape index (κ2) is 6.72. The normalized spacial score (nSPS) is 10.8. The zero-order valence-electron chi connectivity index (χ0n) is 9.55. The molecule has 100 valence electrons. The van der Waals surface area contributed by atoms with E-state index in [0.29, 0.717) is 0 Å². The van der Waals surface area contributed by atoms with Crippen LogP contribution in [0.4, 0.5) is 13.2 Å². The molecular formula is C11H11BrF3NO2. The van der Waals surface area contributed by atoms with Gasteiger partial charge in [0, 0.05) is 10.9 Å². The van der Waals surface area contributed by atoms with Gasteiger partial charge in [0.15, 0.2) is 0 Å². The van der Waals surface area contributed by atoms with Crippen LogP contribution in [0.5, 0.6) is 0 Å². The summed E-state index contributed by atoms with van der Waals surface area (Å²) in [5, 5.41) is 0.0236. The second-order valence-corrected chi connectivity index (χ2v) is 3.93. The average molecular weight is 326 g/mol. The minimum atomic E-state index is -2.87. The Balaban J connectivity index is 3.19. The molecule has 1 aromatic rings. The lowest BCUT2D eigenvalue weighted by Gasteiger charge is -2.12. The molecule has 0 bridgehead atoms. The highest BCUT2D eigenvalue weighted by Crippen LogP contribution is 2.27. The predicted molar refractivity (Wildman–Crippen MR) is 62.1 cm³/mol. The van der Waals surface area contributed by atoms with Crippen LogP contribution in [0.2, 0.25) is 0 Å². The Labute approximate surface area is 110 Å². The summed E-state index contributed by atoms with van der Waals surface area (Å²) in [7, 11) is 0. The fourth-order valence-corrected chi connectivity index (χ4v) is 2.07. The Morgan fingerprint density at radius 2 is 2.17 bits per heavy atom. The van der Waals surface area contributed by atoms with Gasteiger partial charge in [-0.05, 0) is 12.5 Å². The van der Waals surface area contributed by atoms with E-state index in [9.17, 15) is 18.0 Å². The molecule has 0 amide bonds. The molecule has 0 aliphatic heterocycles. The number of halogens is 4. The van der Waals surface area contributed by atoms with Gasteiger partial charge in [-0.1, -0.05) is 15.9 Å². The lowest BCUT2D eigenvalue weighted by atomic mass is 10.0. The highest BCUT2D eigenvalue weighted by atomic mass is 79.9. The monoisotopic (exact) mass is 325 g/mol. The molecule has 7 heteroatoms. The number of pyridine rings is 1. The maximum Gasteiger partial charge on any atom is 0.310 e. The molecule has 0 aromatic carbocycles. The summed E-state index contributed by atoms with van der Waals surface area (Å²) in [6.45, 7) is 1.73. The fourth-order valence-electron chi connectivity index (χ4n) is 1.47. The van der Waals surface area contributed by atoms with Gasteiger partial charge in [-0.3, -0.25) is 9.78 Å². The van der Waals surface area contributed by atoms with Crippen molar-refractivity contribution in [2.75, 3.05) is 6.61 Å². The Bertz CT molecular complexity index is 441. The van der Waals surface area contributed by atoms with Crippen LogP contribution in [0.15, 0.2) is 6.20 Å². The van der Waals surface area contributed by atoms with Crippen molar-refractivity contribution in [2.45, 2.75) is 25.1 Å². The van der Waals surface area contributed by atoms with E-state index in [1.54, 1.807) is 6.92 Å². The summed E-state index contributed by atoms with van der Waals surface area (Å²) >= 11 is 3.01. The smallest absolute Gasteiger partial charge is 0.310 e. The van der Waals surface area contributed by atoms with Crippen LogP contribution in [-0.4, -0.2) is 17.6 Å². The van der Waals surface area contributed by atoms with Crippen molar-refractivity contribution >= 4 is 21.9 Å². The van der Waals surface area contributed by atoms with Crippen molar-refractivity contribution in [1.29, 1.82) is 0 Å². The van der Waals surface area contributed by atoms with Gasteiger partial charge in [0.1, 0.15) is 11.5 Å². The Morgan fingerprint density at radius 3 is 2.67 bits per heavy atom. The summed E-state index contributed by atoms with van der Waals surface area (Å²) in [6, 6.07) is 0. The molecule has 0 saturated heterocycles. The first-order valence-corrected chi connectivity index (χ1v) is 6.29. The van der Waals surface area contributed by atoms with E-state index < -0.39 is 30.3 Å². The summed E-state index contributed by atoms with van der Waals surface area (Å²) in [6.07, 6.45) is -2.56. The molecule has 0 aliphatic rings. The summed E-state index contributed by atoms with van der Waals surface area (Å²) in [4.78, 5) is 14.7. The summed E-state index contributed by atoms with van der Waals surface area (Å²) in [5.41, 5.74) is -0.687. The van der Waals surface area contributed by atoms with Crippen molar-refractivity contribution in [3.8, 4) is 0 Å². The van der Waals surface area contributed by atoms with Gasteiger partial charge in [0.25, 0.3) is 6.43 Å². The van der Waals surface area contributed by atoms with Crippen LogP contribution in [0.25, 0.3) is 0 Å². The molecule has 0 spiro atoms. The van der Waals surface area contributed by atoms with Crippen molar-refractivity contribution in [3.05, 3.63) is 28.8 Å². The van der Waals surface area contributed by atoms with E-state index >= 15 is 0 Å². The predicted octanol–water partition coefficient (Wildman–Crippen LogP) is 3.16. The number of aromatic nitrogens is 1. The third-order valence-electron chi connectivity index (χ3n) is 2.25. The van der Waals surface area contributed by atoms with Crippen LogP contribution < -0.4 is 0 Å². The van der Waals surface area contributed by atoms with E-state index in [4.69, 9.17) is 0 Å². The standard InChI is InChI=1S/C11H11BrF3NO2/c1-2-18-9(17)3-6-7(4-12)8(13)5-16-10(6)11(14)15/h5,11H,2-4H2,1H3. The largest absolute Gasteiger partial charge is 0.466 e. The molecule has 3 nitrogen and oxygen atoms in total. The number of nitrogens with zero attached hydrogens (tertiary/aromatic N) is 1. The number of rotatable bonds is 5. The molecule has 0 saturated carbocycles. The first-order valence-electron chi connectivity index (χ1n) is 5.17. The molecule has 0 unspecified atom stereocenters. The Hall–Kier alpha value is -1.11. The zero-order chi connectivity index (χ0) is 13.7. The van der Waals surface area contributed by atoms with Gasteiger partial charge >= 0.3 is 5.97 Å². The lowest BCUT2D eigenvalue weighted by molar-refractivity contribution is -0.142.